The molecule has 0 radical (unpaired) electrons. The summed E-state index contributed by atoms with van der Waals surface area (Å²) in [6.45, 7) is 6.16. The molecule has 1 fully saturated rings. The topological polar surface area (TPSA) is 53.5 Å². The van der Waals surface area contributed by atoms with Crippen molar-refractivity contribution in [2.75, 3.05) is 10.6 Å². The van der Waals surface area contributed by atoms with Crippen molar-refractivity contribution < 1.29 is 9.84 Å². The van der Waals surface area contributed by atoms with Crippen LogP contribution in [0.25, 0.3) is 0 Å². The van der Waals surface area contributed by atoms with Crippen LogP contribution in [-0.2, 0) is 15.9 Å². The fourth-order valence-electron chi connectivity index (χ4n) is 4.90. The molecule has 3 aliphatic rings. The first-order valence-electron chi connectivity index (χ1n) is 8.49. The number of para-hydroxylation sites is 2. The fourth-order valence-corrected chi connectivity index (χ4v) is 4.90. The second-order valence-corrected chi connectivity index (χ2v) is 7.88. The van der Waals surface area contributed by atoms with Gasteiger partial charge >= 0.3 is 0 Å². The van der Waals surface area contributed by atoms with Gasteiger partial charge in [0, 0.05) is 28.9 Å². The molecule has 0 aromatic heterocycles. The van der Waals surface area contributed by atoms with Crippen molar-refractivity contribution in [3.8, 4) is 0 Å². The average Bonchev–Trinajstić information content (AvgIpc) is 2.98. The van der Waals surface area contributed by atoms with Crippen molar-refractivity contribution >= 4 is 11.4 Å². The maximum atomic E-state index is 11.4. The molecule has 4 nitrogen and oxygen atoms in total. The number of aliphatic hydroxyl groups is 1. The molecular weight excluding hydrogens is 300 g/mol. The molecule has 0 saturated carbocycles. The van der Waals surface area contributed by atoms with Crippen LogP contribution in [0.15, 0.2) is 48.5 Å². The summed E-state index contributed by atoms with van der Waals surface area (Å²) in [5, 5.41) is 18.6. The Balaban J connectivity index is 1.67. The largest absolute Gasteiger partial charge is 0.380 e. The number of benzene rings is 2. The quantitative estimate of drug-likeness (QED) is 0.694. The zero-order chi connectivity index (χ0) is 16.8. The van der Waals surface area contributed by atoms with Gasteiger partial charge in [-0.15, -0.1) is 0 Å². The van der Waals surface area contributed by atoms with Gasteiger partial charge in [0.15, 0.2) is 5.72 Å². The van der Waals surface area contributed by atoms with Crippen molar-refractivity contribution in [3.05, 3.63) is 59.7 Å². The van der Waals surface area contributed by atoms with Crippen LogP contribution in [0.3, 0.4) is 0 Å². The van der Waals surface area contributed by atoms with E-state index in [4.69, 9.17) is 4.74 Å². The number of fused-ring (bicyclic) bond motifs is 4. The SMILES string of the molecule is C[C@]1(O)c2ccccc2N[C@]12C[C@]1(C)Nc3ccccc3[C@@]1(C)O2. The molecule has 3 N–H and O–H groups in total. The molecule has 5 rings (SSSR count). The van der Waals surface area contributed by atoms with Crippen molar-refractivity contribution in [1.29, 1.82) is 0 Å². The predicted octanol–water partition coefficient (Wildman–Crippen LogP) is 3.54. The number of ether oxygens (including phenoxy) is 1. The van der Waals surface area contributed by atoms with Crippen LogP contribution >= 0.6 is 0 Å². The molecule has 24 heavy (non-hydrogen) atoms. The van der Waals surface area contributed by atoms with E-state index in [-0.39, 0.29) is 5.54 Å². The minimum absolute atomic E-state index is 0.296. The van der Waals surface area contributed by atoms with Crippen LogP contribution in [0.5, 0.6) is 0 Å². The van der Waals surface area contributed by atoms with E-state index < -0.39 is 16.9 Å². The highest BCUT2D eigenvalue weighted by Gasteiger charge is 2.71. The molecule has 0 amide bonds. The van der Waals surface area contributed by atoms with Crippen LogP contribution in [0.4, 0.5) is 11.4 Å². The van der Waals surface area contributed by atoms with E-state index in [1.165, 1.54) is 0 Å². The lowest BCUT2D eigenvalue weighted by Gasteiger charge is -2.38. The summed E-state index contributed by atoms with van der Waals surface area (Å²) in [6.07, 6.45) is 0.660. The molecule has 0 aliphatic carbocycles. The standard InChI is InChI=1S/C20H22N2O2/c1-17-12-20(18(2,23)13-8-4-6-10-15(13)22-20)24-19(17,3)14-9-5-7-11-16(14)21-17/h4-11,21-23H,12H2,1-3H3/t17-,18-,19+,20-/m0/s1. The maximum Gasteiger partial charge on any atom is 0.175 e. The van der Waals surface area contributed by atoms with Crippen LogP contribution in [0, 0.1) is 0 Å². The van der Waals surface area contributed by atoms with E-state index in [1.54, 1.807) is 0 Å². The van der Waals surface area contributed by atoms with E-state index in [0.717, 1.165) is 22.5 Å². The minimum atomic E-state index is -1.10. The molecule has 4 atom stereocenters. The zero-order valence-electron chi connectivity index (χ0n) is 14.2. The number of rotatable bonds is 0. The van der Waals surface area contributed by atoms with E-state index in [1.807, 2.05) is 43.3 Å². The third kappa shape index (κ3) is 1.39. The molecule has 3 aliphatic heterocycles. The van der Waals surface area contributed by atoms with Gasteiger partial charge in [-0.3, -0.25) is 0 Å². The second kappa shape index (κ2) is 3.95. The Kier molecular flexibility index (Phi) is 2.36. The van der Waals surface area contributed by atoms with Crippen LogP contribution < -0.4 is 10.6 Å². The highest BCUT2D eigenvalue weighted by Crippen LogP contribution is 2.64. The summed E-state index contributed by atoms with van der Waals surface area (Å²) in [5.41, 5.74) is 1.36. The summed E-state index contributed by atoms with van der Waals surface area (Å²) in [7, 11) is 0. The minimum Gasteiger partial charge on any atom is -0.380 e. The Morgan fingerprint density at radius 1 is 0.875 bits per heavy atom. The second-order valence-electron chi connectivity index (χ2n) is 7.88. The van der Waals surface area contributed by atoms with E-state index >= 15 is 0 Å². The van der Waals surface area contributed by atoms with Crippen molar-refractivity contribution in [3.63, 3.8) is 0 Å². The molecule has 1 spiro atoms. The molecular formula is C20H22N2O2. The van der Waals surface area contributed by atoms with Crippen LogP contribution in [-0.4, -0.2) is 16.4 Å². The molecule has 2 aromatic rings. The molecule has 0 unspecified atom stereocenters. The summed E-state index contributed by atoms with van der Waals surface area (Å²) >= 11 is 0. The number of anilines is 2. The molecule has 3 heterocycles. The summed E-state index contributed by atoms with van der Waals surface area (Å²) in [5.74, 6) is 0. The number of hydrogen-bond acceptors (Lipinski definition) is 4. The molecule has 124 valence electrons. The predicted molar refractivity (Wildman–Crippen MR) is 93.9 cm³/mol. The van der Waals surface area contributed by atoms with Crippen LogP contribution in [0.1, 0.15) is 38.3 Å². The van der Waals surface area contributed by atoms with Gasteiger partial charge in [0.05, 0.1) is 5.54 Å². The summed E-state index contributed by atoms with van der Waals surface area (Å²) < 4.78 is 6.72. The van der Waals surface area contributed by atoms with Gasteiger partial charge in [0.25, 0.3) is 0 Å². The lowest BCUT2D eigenvalue weighted by molar-refractivity contribution is -0.181. The van der Waals surface area contributed by atoms with Gasteiger partial charge in [-0.25, -0.2) is 0 Å². The smallest absolute Gasteiger partial charge is 0.175 e. The maximum absolute atomic E-state index is 11.4. The molecule has 1 saturated heterocycles. The first-order chi connectivity index (χ1) is 11.3. The van der Waals surface area contributed by atoms with Crippen molar-refractivity contribution in [2.45, 2.75) is 49.7 Å². The highest BCUT2D eigenvalue weighted by atomic mass is 16.6. The van der Waals surface area contributed by atoms with Gasteiger partial charge in [0.2, 0.25) is 0 Å². The Labute approximate surface area is 141 Å². The Morgan fingerprint density at radius 3 is 2.12 bits per heavy atom. The van der Waals surface area contributed by atoms with Gasteiger partial charge in [0.1, 0.15) is 11.2 Å². The zero-order valence-corrected chi connectivity index (χ0v) is 14.2. The highest BCUT2D eigenvalue weighted by molar-refractivity contribution is 5.67. The summed E-state index contributed by atoms with van der Waals surface area (Å²) in [6, 6.07) is 16.2. The van der Waals surface area contributed by atoms with E-state index in [9.17, 15) is 5.11 Å². The van der Waals surface area contributed by atoms with Crippen LogP contribution in [0.2, 0.25) is 0 Å². The van der Waals surface area contributed by atoms with E-state index in [0.29, 0.717) is 6.42 Å². The third-order valence-electron chi connectivity index (χ3n) is 6.46. The lowest BCUT2D eigenvalue weighted by Crippen LogP contribution is -2.52. The molecule has 0 bridgehead atoms. The van der Waals surface area contributed by atoms with E-state index in [2.05, 4.69) is 36.6 Å². The fraction of sp³-hybridized carbons (Fsp3) is 0.400. The van der Waals surface area contributed by atoms with Crippen molar-refractivity contribution in [1.82, 2.24) is 0 Å². The van der Waals surface area contributed by atoms with Gasteiger partial charge < -0.3 is 20.5 Å². The first-order valence-corrected chi connectivity index (χ1v) is 8.49. The average molecular weight is 322 g/mol. The van der Waals surface area contributed by atoms with Gasteiger partial charge in [-0.1, -0.05) is 36.4 Å². The lowest BCUT2D eigenvalue weighted by atomic mass is 9.77. The first kappa shape index (κ1) is 14.3. The number of nitrogens with one attached hydrogen (secondary N) is 2. The molecule has 4 heteroatoms. The third-order valence-corrected chi connectivity index (χ3v) is 6.46. The molecule has 2 aromatic carbocycles. The Hall–Kier alpha value is -2.04. The number of hydrogen-bond donors (Lipinski definition) is 3. The Morgan fingerprint density at radius 2 is 1.46 bits per heavy atom. The van der Waals surface area contributed by atoms with Gasteiger partial charge in [-0.05, 0) is 32.9 Å². The normalized spacial score (nSPS) is 41.5. The monoisotopic (exact) mass is 322 g/mol. The summed E-state index contributed by atoms with van der Waals surface area (Å²) in [4.78, 5) is 0. The van der Waals surface area contributed by atoms with Crippen molar-refractivity contribution in [2.24, 2.45) is 0 Å². The van der Waals surface area contributed by atoms with Gasteiger partial charge in [-0.2, -0.15) is 0 Å². The Bertz CT molecular complexity index is 864.